The Balaban J connectivity index is 0. The molecule has 34 valence electrons. The summed E-state index contributed by atoms with van der Waals surface area (Å²) < 4.78 is 0. The molecule has 0 aromatic rings. The van der Waals surface area contributed by atoms with Crippen molar-refractivity contribution >= 4 is 0 Å². The van der Waals surface area contributed by atoms with E-state index in [0.29, 0.717) is 0 Å². The normalized spacial score (nSPS) is 8.00. The predicted octanol–water partition coefficient (Wildman–Crippen LogP) is 2.01. The van der Waals surface area contributed by atoms with E-state index in [-0.39, 0.29) is 0 Å². The quantitative estimate of drug-likeness (QED) is 0.642. The third-order valence-corrected chi connectivity index (χ3v) is 0.707. The van der Waals surface area contributed by atoms with E-state index in [2.05, 4.69) is 20.8 Å². The van der Waals surface area contributed by atoms with Gasteiger partial charge in [0.05, 0.1) is 0 Å². The van der Waals surface area contributed by atoms with Crippen LogP contribution < -0.4 is 0 Å². The van der Waals surface area contributed by atoms with E-state index in [0.717, 1.165) is 0 Å². The Morgan fingerprint density at radius 1 is 1.33 bits per heavy atom. The van der Waals surface area contributed by atoms with Gasteiger partial charge in [0.1, 0.15) is 0 Å². The molecule has 0 saturated carbocycles. The van der Waals surface area contributed by atoms with Crippen molar-refractivity contribution in [3.05, 3.63) is 5.92 Å². The van der Waals surface area contributed by atoms with E-state index in [4.69, 9.17) is 0 Å². The van der Waals surface area contributed by atoms with Crippen LogP contribution in [-0.4, -0.2) is 0 Å². The van der Waals surface area contributed by atoms with Gasteiger partial charge >= 0.3 is 0 Å². The Morgan fingerprint density at radius 2 is 1.50 bits per heavy atom. The molecule has 0 saturated heterocycles. The molecule has 0 fully saturated rings. The molecule has 0 rings (SSSR count). The van der Waals surface area contributed by atoms with Crippen LogP contribution in [0.5, 0.6) is 0 Å². The van der Waals surface area contributed by atoms with Crippen LogP contribution in [0.15, 0.2) is 0 Å². The summed E-state index contributed by atoms with van der Waals surface area (Å²) in [6.07, 6.45) is 1.22. The Bertz CT molecular complexity index is 17.9. The van der Waals surface area contributed by atoms with Crippen LogP contribution in [0.4, 0.5) is 0 Å². The first-order valence-electron chi connectivity index (χ1n) is 2.06. The standard InChI is InChI=1S/C5H11.Rf/c1-4-5(2)3;/h4H2,1-3H3;/q-1;. The van der Waals surface area contributed by atoms with E-state index in [9.17, 15) is 0 Å². The molecule has 0 radical (unpaired) electrons. The Hall–Kier alpha value is -1.00. The van der Waals surface area contributed by atoms with Crippen molar-refractivity contribution in [2.24, 2.45) is 0 Å². The molecule has 0 bridgehead atoms. The molecule has 0 heterocycles. The van der Waals surface area contributed by atoms with Crippen LogP contribution in [0.1, 0.15) is 27.2 Å². The molecule has 0 unspecified atom stereocenters. The van der Waals surface area contributed by atoms with Crippen LogP contribution in [0.3, 0.4) is 0 Å². The Labute approximate surface area is 34.2 Å². The third-order valence-electron chi connectivity index (χ3n) is 0.707. The fourth-order valence-electron chi connectivity index (χ4n) is 0. The van der Waals surface area contributed by atoms with E-state index in [1.807, 2.05) is 0 Å². The second kappa shape index (κ2) is 4.00. The van der Waals surface area contributed by atoms with Gasteiger partial charge in [-0.15, -0.1) is 0 Å². The monoisotopic (exact) mass is 338 g/mol. The Kier molecular flexibility index (Phi) is 5.93. The van der Waals surface area contributed by atoms with Crippen LogP contribution >= 0.6 is 0 Å². The minimum Gasteiger partial charge on any atom is -0.320 e. The summed E-state index contributed by atoms with van der Waals surface area (Å²) in [5.74, 6) is 1.50. The largest absolute Gasteiger partial charge is 0.320 e. The van der Waals surface area contributed by atoms with E-state index < -0.39 is 0 Å². The zero-order valence-corrected chi connectivity index (χ0v) is 11.3. The zero-order chi connectivity index (χ0) is 4.28. The summed E-state index contributed by atoms with van der Waals surface area (Å²) in [4.78, 5) is 0. The smallest absolute Gasteiger partial charge is 0 e. The first-order valence-corrected chi connectivity index (χ1v) is 2.06. The average molecular weight is 338 g/mol. The van der Waals surface area contributed by atoms with Crippen LogP contribution in [0.2, 0.25) is 0 Å². The maximum absolute atomic E-state index is 2.16. The van der Waals surface area contributed by atoms with Crippen LogP contribution in [-0.2, 0) is 0 Å². The van der Waals surface area contributed by atoms with Crippen molar-refractivity contribution in [1.29, 1.82) is 0 Å². The number of hydrogen-bond donors (Lipinski definition) is 0. The molecular formula is C5H11Rf-. The van der Waals surface area contributed by atoms with E-state index in [1.54, 1.807) is 0 Å². The van der Waals surface area contributed by atoms with E-state index >= 15 is 0 Å². The summed E-state index contributed by atoms with van der Waals surface area (Å²) in [6.45, 7) is 6.44. The molecule has 0 amide bonds. The van der Waals surface area contributed by atoms with Gasteiger partial charge in [-0.05, 0) is 0 Å². The molecule has 0 spiro atoms. The van der Waals surface area contributed by atoms with Crippen molar-refractivity contribution in [1.82, 2.24) is 0 Å². The van der Waals surface area contributed by atoms with Gasteiger partial charge in [0, 0.05) is 0 Å². The SMILES string of the molecule is CC[C-](C)C.[Rf]. The maximum atomic E-state index is 2.16. The second-order valence-electron chi connectivity index (χ2n) is 1.56. The topological polar surface area (TPSA) is 0 Å². The van der Waals surface area contributed by atoms with Gasteiger partial charge in [-0.25, -0.2) is 0 Å². The van der Waals surface area contributed by atoms with Crippen molar-refractivity contribution in [3.8, 4) is 0 Å². The van der Waals surface area contributed by atoms with Crippen molar-refractivity contribution in [2.75, 3.05) is 0 Å². The first-order chi connectivity index (χ1) is 2.27. The molecule has 0 aromatic heterocycles. The second-order valence-corrected chi connectivity index (χ2v) is 1.56. The molecule has 0 aliphatic heterocycles. The van der Waals surface area contributed by atoms with Crippen molar-refractivity contribution in [2.45, 2.75) is 27.2 Å². The molecule has 1 heteroatoms. The van der Waals surface area contributed by atoms with Gasteiger partial charge in [0.25, 0.3) is 0 Å². The molecule has 0 aliphatic carbocycles. The maximum Gasteiger partial charge on any atom is 0 e. The van der Waals surface area contributed by atoms with Gasteiger partial charge < -0.3 is 5.92 Å². The zero-order valence-electron chi connectivity index (χ0n) is 4.91. The third kappa shape index (κ3) is 12.0. The summed E-state index contributed by atoms with van der Waals surface area (Å²) in [5, 5.41) is 0. The minimum absolute atomic E-state index is 0. The summed E-state index contributed by atoms with van der Waals surface area (Å²) in [6, 6.07) is 0. The summed E-state index contributed by atoms with van der Waals surface area (Å²) in [5.41, 5.74) is 0. The fraction of sp³-hybridized carbons (Fsp3) is 0.800. The molecule has 0 N–H and O–H groups in total. The summed E-state index contributed by atoms with van der Waals surface area (Å²) in [7, 11) is 0. The van der Waals surface area contributed by atoms with Gasteiger partial charge in [-0.2, -0.15) is 20.3 Å². The van der Waals surface area contributed by atoms with Crippen molar-refractivity contribution < 1.29 is 0 Å². The molecular weight excluding hydrogens is 327 g/mol. The summed E-state index contributed by atoms with van der Waals surface area (Å²) >= 11 is 0. The average Bonchev–Trinajstić information content (AvgIpc) is 1.38. The first kappa shape index (κ1) is 8.89. The molecule has 0 aliphatic rings. The number of hydrogen-bond acceptors (Lipinski definition) is 0. The molecule has 6 heavy (non-hydrogen) atoms. The Morgan fingerprint density at radius 3 is 1.50 bits per heavy atom. The van der Waals surface area contributed by atoms with Gasteiger partial charge in [0.2, 0.25) is 0 Å². The van der Waals surface area contributed by atoms with Crippen LogP contribution in [0, 0.1) is 5.92 Å². The van der Waals surface area contributed by atoms with Crippen molar-refractivity contribution in [3.63, 3.8) is 0 Å². The molecule has 0 atom stereocenters. The van der Waals surface area contributed by atoms with Gasteiger partial charge in [0.15, 0.2) is 0 Å². The predicted molar refractivity (Wildman–Crippen MR) is 24.9 cm³/mol. The van der Waals surface area contributed by atoms with E-state index in [1.165, 1.54) is 12.3 Å². The molecule has 0 nitrogen and oxygen atoms in total. The molecule has 0 aromatic carbocycles. The van der Waals surface area contributed by atoms with Gasteiger partial charge in [-0.1, -0.05) is 6.92 Å². The van der Waals surface area contributed by atoms with Gasteiger partial charge in [-0.3, -0.25) is 0 Å². The fourth-order valence-corrected chi connectivity index (χ4v) is 0. The van der Waals surface area contributed by atoms with Crippen LogP contribution in [0.25, 0.3) is 0 Å². The minimum atomic E-state index is 0. The number of rotatable bonds is 1.